The van der Waals surface area contributed by atoms with Gasteiger partial charge in [-0.05, 0) is 19.1 Å². The Morgan fingerprint density at radius 3 is 2.67 bits per heavy atom. The van der Waals surface area contributed by atoms with Crippen LogP contribution in [0, 0.1) is 0 Å². The summed E-state index contributed by atoms with van der Waals surface area (Å²) in [5, 5.41) is 4.94. The maximum Gasteiger partial charge on any atom is 0.418 e. The van der Waals surface area contributed by atoms with Gasteiger partial charge in [0.15, 0.2) is 0 Å². The van der Waals surface area contributed by atoms with Gasteiger partial charge in [0.1, 0.15) is 6.04 Å². The van der Waals surface area contributed by atoms with Crippen molar-refractivity contribution < 1.29 is 22.7 Å². The summed E-state index contributed by atoms with van der Waals surface area (Å²) in [6, 6.07) is 2.57. The summed E-state index contributed by atoms with van der Waals surface area (Å²) in [7, 11) is 1.48. The number of methoxy groups -OCH3 is 1. The molecule has 8 heteroatoms. The van der Waals surface area contributed by atoms with Crippen LogP contribution in [0.3, 0.4) is 0 Å². The maximum absolute atomic E-state index is 12.9. The van der Waals surface area contributed by atoms with Crippen LogP contribution in [0.25, 0.3) is 0 Å². The number of nitrogens with one attached hydrogen (secondary N) is 2. The van der Waals surface area contributed by atoms with Gasteiger partial charge in [-0.3, -0.25) is 4.79 Å². The minimum absolute atomic E-state index is 0.0960. The quantitative estimate of drug-likeness (QED) is 0.791. The summed E-state index contributed by atoms with van der Waals surface area (Å²) in [4.78, 5) is 11.7. The van der Waals surface area contributed by atoms with E-state index in [1.54, 1.807) is 0 Å². The second-order valence-corrected chi connectivity index (χ2v) is 4.72. The molecule has 0 radical (unpaired) electrons. The average molecular weight is 325 g/mol. The van der Waals surface area contributed by atoms with E-state index >= 15 is 0 Å². The number of rotatable bonds is 6. The Balaban J connectivity index is 2.85. The van der Waals surface area contributed by atoms with Crippen molar-refractivity contribution in [2.24, 2.45) is 0 Å². The van der Waals surface area contributed by atoms with Gasteiger partial charge in [-0.2, -0.15) is 13.2 Å². The number of halogens is 4. The molecule has 0 aliphatic carbocycles. The van der Waals surface area contributed by atoms with Crippen molar-refractivity contribution in [2.75, 3.05) is 25.6 Å². The highest BCUT2D eigenvalue weighted by Gasteiger charge is 2.35. The highest BCUT2D eigenvalue weighted by atomic mass is 35.5. The second kappa shape index (κ2) is 7.51. The third-order valence-corrected chi connectivity index (χ3v) is 2.99. The van der Waals surface area contributed by atoms with Crippen molar-refractivity contribution in [1.29, 1.82) is 0 Å². The molecule has 0 heterocycles. The first-order valence-electron chi connectivity index (χ1n) is 6.16. The highest BCUT2D eigenvalue weighted by Crippen LogP contribution is 2.38. The minimum atomic E-state index is -4.56. The Kier molecular flexibility index (Phi) is 6.29. The molecule has 0 saturated heterocycles. The Labute approximate surface area is 125 Å². The van der Waals surface area contributed by atoms with E-state index in [-0.39, 0.29) is 17.3 Å². The lowest BCUT2D eigenvalue weighted by Gasteiger charge is -2.20. The van der Waals surface area contributed by atoms with Crippen molar-refractivity contribution in [3.63, 3.8) is 0 Å². The highest BCUT2D eigenvalue weighted by molar-refractivity contribution is 6.33. The zero-order valence-corrected chi connectivity index (χ0v) is 12.3. The van der Waals surface area contributed by atoms with E-state index in [1.807, 2.05) is 0 Å². The summed E-state index contributed by atoms with van der Waals surface area (Å²) in [6.45, 7) is 2.04. The normalized spacial score (nSPS) is 12.9. The van der Waals surface area contributed by atoms with Gasteiger partial charge in [-0.1, -0.05) is 17.7 Å². The number of hydrogen-bond acceptors (Lipinski definition) is 3. The lowest BCUT2D eigenvalue weighted by Crippen LogP contribution is -2.39. The summed E-state index contributed by atoms with van der Waals surface area (Å²) in [5.41, 5.74) is -1.22. The van der Waals surface area contributed by atoms with Crippen LogP contribution in [0.2, 0.25) is 5.02 Å². The molecule has 1 rings (SSSR count). The number of ether oxygens (including phenoxy) is 1. The Morgan fingerprint density at radius 2 is 2.10 bits per heavy atom. The van der Waals surface area contributed by atoms with Gasteiger partial charge in [0.2, 0.25) is 5.91 Å². The number of anilines is 1. The Bertz CT molecular complexity index is 495. The minimum Gasteiger partial charge on any atom is -0.383 e. The van der Waals surface area contributed by atoms with Crippen LogP contribution in [0.5, 0.6) is 0 Å². The second-order valence-electron chi connectivity index (χ2n) is 4.31. The zero-order valence-electron chi connectivity index (χ0n) is 11.6. The number of carbonyl (C=O) groups is 1. The number of amides is 1. The van der Waals surface area contributed by atoms with Gasteiger partial charge in [0.25, 0.3) is 0 Å². The predicted octanol–water partition coefficient (Wildman–Crippen LogP) is 2.92. The van der Waals surface area contributed by atoms with Gasteiger partial charge in [0, 0.05) is 13.7 Å². The lowest BCUT2D eigenvalue weighted by atomic mass is 10.1. The van der Waals surface area contributed by atoms with Crippen molar-refractivity contribution in [3.05, 3.63) is 28.8 Å². The first-order valence-corrected chi connectivity index (χ1v) is 6.54. The molecule has 1 aromatic carbocycles. The third-order valence-electron chi connectivity index (χ3n) is 2.68. The monoisotopic (exact) mass is 324 g/mol. The van der Waals surface area contributed by atoms with E-state index in [0.29, 0.717) is 6.61 Å². The molecule has 0 fully saturated rings. The van der Waals surface area contributed by atoms with E-state index in [1.165, 1.54) is 26.2 Å². The van der Waals surface area contributed by atoms with Crippen LogP contribution in [0.1, 0.15) is 12.5 Å². The molecule has 0 aliphatic heterocycles. The van der Waals surface area contributed by atoms with E-state index in [2.05, 4.69) is 10.6 Å². The molecular weight excluding hydrogens is 309 g/mol. The van der Waals surface area contributed by atoms with Gasteiger partial charge < -0.3 is 15.4 Å². The van der Waals surface area contributed by atoms with E-state index in [0.717, 1.165) is 6.07 Å². The summed E-state index contributed by atoms with van der Waals surface area (Å²) >= 11 is 5.80. The molecule has 1 amide bonds. The molecule has 4 nitrogen and oxygen atoms in total. The fraction of sp³-hybridized carbons (Fsp3) is 0.462. The van der Waals surface area contributed by atoms with E-state index in [9.17, 15) is 18.0 Å². The SMILES string of the molecule is COCCNC(=O)C(C)Nc1c(Cl)cccc1C(F)(F)F. The van der Waals surface area contributed by atoms with Crippen molar-refractivity contribution in [2.45, 2.75) is 19.1 Å². The van der Waals surface area contributed by atoms with Crippen molar-refractivity contribution in [3.8, 4) is 0 Å². The van der Waals surface area contributed by atoms with Gasteiger partial charge in [-0.15, -0.1) is 0 Å². The molecular formula is C13H16ClF3N2O2. The summed E-state index contributed by atoms with van der Waals surface area (Å²) in [6.07, 6.45) is -4.56. The average Bonchev–Trinajstić information content (AvgIpc) is 2.39. The van der Waals surface area contributed by atoms with Gasteiger partial charge in [0.05, 0.1) is 22.9 Å². The number of benzene rings is 1. The number of alkyl halides is 3. The summed E-state index contributed by atoms with van der Waals surface area (Å²) in [5.74, 6) is -0.444. The first-order chi connectivity index (χ1) is 9.77. The maximum atomic E-state index is 12.9. The van der Waals surface area contributed by atoms with E-state index in [4.69, 9.17) is 16.3 Å². The van der Waals surface area contributed by atoms with E-state index < -0.39 is 23.7 Å². The molecule has 1 aromatic rings. The van der Waals surface area contributed by atoms with Crippen LogP contribution in [0.15, 0.2) is 18.2 Å². The van der Waals surface area contributed by atoms with Crippen LogP contribution >= 0.6 is 11.6 Å². The molecule has 1 atom stereocenters. The van der Waals surface area contributed by atoms with Crippen molar-refractivity contribution >= 4 is 23.2 Å². The lowest BCUT2D eigenvalue weighted by molar-refractivity contribution is -0.137. The summed E-state index contributed by atoms with van der Waals surface area (Å²) < 4.78 is 43.5. The van der Waals surface area contributed by atoms with Gasteiger partial charge in [-0.25, -0.2) is 0 Å². The molecule has 21 heavy (non-hydrogen) atoms. The Morgan fingerprint density at radius 1 is 1.43 bits per heavy atom. The smallest absolute Gasteiger partial charge is 0.383 e. The molecule has 0 bridgehead atoms. The standard InChI is InChI=1S/C13H16ClF3N2O2/c1-8(12(20)18-6-7-21-2)19-11-9(13(15,16)17)4-3-5-10(11)14/h3-5,8,19H,6-7H2,1-2H3,(H,18,20). The molecule has 0 saturated carbocycles. The molecule has 0 aliphatic rings. The molecule has 118 valence electrons. The number of para-hydroxylation sites is 1. The first kappa shape index (κ1) is 17.6. The van der Waals surface area contributed by atoms with Crippen LogP contribution in [-0.2, 0) is 15.7 Å². The van der Waals surface area contributed by atoms with Gasteiger partial charge >= 0.3 is 6.18 Å². The zero-order chi connectivity index (χ0) is 16.0. The van der Waals surface area contributed by atoms with Crippen LogP contribution < -0.4 is 10.6 Å². The molecule has 0 spiro atoms. The Hall–Kier alpha value is -1.47. The fourth-order valence-electron chi connectivity index (χ4n) is 1.62. The largest absolute Gasteiger partial charge is 0.418 e. The molecule has 0 aromatic heterocycles. The molecule has 1 unspecified atom stereocenters. The topological polar surface area (TPSA) is 50.4 Å². The predicted molar refractivity (Wildman–Crippen MR) is 74.4 cm³/mol. The third kappa shape index (κ3) is 5.09. The van der Waals surface area contributed by atoms with Crippen LogP contribution in [-0.4, -0.2) is 32.2 Å². The van der Waals surface area contributed by atoms with Crippen molar-refractivity contribution in [1.82, 2.24) is 5.32 Å². The fourth-order valence-corrected chi connectivity index (χ4v) is 1.85. The van der Waals surface area contributed by atoms with Crippen LogP contribution in [0.4, 0.5) is 18.9 Å². The molecule has 2 N–H and O–H groups in total. The number of carbonyl (C=O) groups excluding carboxylic acids is 1. The number of hydrogen-bond donors (Lipinski definition) is 2.